The Morgan fingerprint density at radius 3 is 2.33 bits per heavy atom. The first kappa shape index (κ1) is 11.3. The normalized spacial score (nSPS) is 16.3. The third kappa shape index (κ3) is 2.39. The zero-order chi connectivity index (χ0) is 12.4. The lowest BCUT2D eigenvalue weighted by Crippen LogP contribution is -2.01. The Morgan fingerprint density at radius 1 is 0.944 bits per heavy atom. The molecular formula is C16H16O2. The van der Waals surface area contributed by atoms with Crippen LogP contribution in [0.2, 0.25) is 0 Å². The molecule has 1 unspecified atom stereocenters. The van der Waals surface area contributed by atoms with Crippen molar-refractivity contribution in [1.29, 1.82) is 0 Å². The van der Waals surface area contributed by atoms with Crippen LogP contribution in [0.3, 0.4) is 0 Å². The summed E-state index contributed by atoms with van der Waals surface area (Å²) in [6.45, 7) is 0. The first-order valence-electron chi connectivity index (χ1n) is 6.34. The SMILES string of the molecule is OC(c1ccccc1Oc1ccccc1)C1CC1. The summed E-state index contributed by atoms with van der Waals surface area (Å²) in [6, 6.07) is 17.4. The summed E-state index contributed by atoms with van der Waals surface area (Å²) in [7, 11) is 0. The van der Waals surface area contributed by atoms with Gasteiger partial charge in [-0.15, -0.1) is 0 Å². The molecule has 1 atom stereocenters. The summed E-state index contributed by atoms with van der Waals surface area (Å²) in [5.74, 6) is 1.96. The van der Waals surface area contributed by atoms with Gasteiger partial charge in [0.05, 0.1) is 6.10 Å². The smallest absolute Gasteiger partial charge is 0.133 e. The van der Waals surface area contributed by atoms with E-state index in [1.165, 1.54) is 0 Å². The topological polar surface area (TPSA) is 29.5 Å². The van der Waals surface area contributed by atoms with Gasteiger partial charge in [0, 0.05) is 5.56 Å². The lowest BCUT2D eigenvalue weighted by Gasteiger charge is -2.15. The van der Waals surface area contributed by atoms with E-state index >= 15 is 0 Å². The number of para-hydroxylation sites is 2. The van der Waals surface area contributed by atoms with Gasteiger partial charge in [0.1, 0.15) is 11.5 Å². The van der Waals surface area contributed by atoms with E-state index in [2.05, 4.69) is 0 Å². The minimum atomic E-state index is -0.398. The Kier molecular flexibility index (Phi) is 3.03. The number of ether oxygens (including phenoxy) is 1. The zero-order valence-corrected chi connectivity index (χ0v) is 10.1. The van der Waals surface area contributed by atoms with Crippen molar-refractivity contribution in [3.8, 4) is 11.5 Å². The maximum atomic E-state index is 10.2. The molecule has 0 heterocycles. The molecule has 0 radical (unpaired) electrons. The van der Waals surface area contributed by atoms with Crippen LogP contribution in [0, 0.1) is 5.92 Å². The lowest BCUT2D eigenvalue weighted by molar-refractivity contribution is 0.151. The van der Waals surface area contributed by atoms with Crippen LogP contribution in [0.5, 0.6) is 11.5 Å². The van der Waals surface area contributed by atoms with Gasteiger partial charge in [-0.25, -0.2) is 0 Å². The van der Waals surface area contributed by atoms with E-state index in [-0.39, 0.29) is 0 Å². The van der Waals surface area contributed by atoms with Gasteiger partial charge >= 0.3 is 0 Å². The molecule has 2 aromatic rings. The first-order valence-corrected chi connectivity index (χ1v) is 6.34. The van der Waals surface area contributed by atoms with Crippen LogP contribution in [0.15, 0.2) is 54.6 Å². The van der Waals surface area contributed by atoms with E-state index in [0.717, 1.165) is 29.9 Å². The number of aliphatic hydroxyl groups is 1. The summed E-state index contributed by atoms with van der Waals surface area (Å²) in [5.41, 5.74) is 0.892. The zero-order valence-electron chi connectivity index (χ0n) is 10.1. The lowest BCUT2D eigenvalue weighted by atomic mass is 10.0. The number of hydrogen-bond donors (Lipinski definition) is 1. The molecule has 92 valence electrons. The monoisotopic (exact) mass is 240 g/mol. The number of hydrogen-bond acceptors (Lipinski definition) is 2. The minimum absolute atomic E-state index is 0.398. The van der Waals surface area contributed by atoms with E-state index in [4.69, 9.17) is 4.74 Å². The van der Waals surface area contributed by atoms with Crippen molar-refractivity contribution in [2.75, 3.05) is 0 Å². The molecule has 0 aromatic heterocycles. The van der Waals surface area contributed by atoms with Crippen molar-refractivity contribution < 1.29 is 9.84 Å². The van der Waals surface area contributed by atoms with Crippen LogP contribution < -0.4 is 4.74 Å². The second-order valence-corrected chi connectivity index (χ2v) is 4.74. The van der Waals surface area contributed by atoms with Crippen LogP contribution >= 0.6 is 0 Å². The highest BCUT2D eigenvalue weighted by molar-refractivity contribution is 5.39. The molecule has 1 N–H and O–H groups in total. The van der Waals surface area contributed by atoms with E-state index in [9.17, 15) is 5.11 Å². The standard InChI is InChI=1S/C16H16O2/c17-16(12-10-11-12)14-8-4-5-9-15(14)18-13-6-2-1-3-7-13/h1-9,12,16-17H,10-11H2. The molecule has 1 aliphatic carbocycles. The number of benzene rings is 2. The van der Waals surface area contributed by atoms with E-state index in [1.807, 2.05) is 54.6 Å². The second kappa shape index (κ2) is 4.83. The fraction of sp³-hybridized carbons (Fsp3) is 0.250. The van der Waals surface area contributed by atoms with Crippen LogP contribution in [0.1, 0.15) is 24.5 Å². The number of rotatable bonds is 4. The largest absolute Gasteiger partial charge is 0.457 e. The molecule has 0 aliphatic heterocycles. The van der Waals surface area contributed by atoms with E-state index in [0.29, 0.717) is 5.92 Å². The quantitative estimate of drug-likeness (QED) is 0.877. The maximum Gasteiger partial charge on any atom is 0.133 e. The molecular weight excluding hydrogens is 224 g/mol. The Bertz CT molecular complexity index is 518. The van der Waals surface area contributed by atoms with Gasteiger partial charge in [-0.05, 0) is 37.0 Å². The molecule has 0 amide bonds. The van der Waals surface area contributed by atoms with Gasteiger partial charge in [-0.3, -0.25) is 0 Å². The first-order chi connectivity index (χ1) is 8.84. The molecule has 0 bridgehead atoms. The van der Waals surface area contributed by atoms with Crippen LogP contribution in [0.25, 0.3) is 0 Å². The second-order valence-electron chi connectivity index (χ2n) is 4.74. The van der Waals surface area contributed by atoms with Gasteiger partial charge in [-0.2, -0.15) is 0 Å². The predicted molar refractivity (Wildman–Crippen MR) is 70.6 cm³/mol. The molecule has 3 rings (SSSR count). The van der Waals surface area contributed by atoms with Crippen LogP contribution in [-0.4, -0.2) is 5.11 Å². The Morgan fingerprint density at radius 2 is 1.61 bits per heavy atom. The van der Waals surface area contributed by atoms with E-state index < -0.39 is 6.10 Å². The van der Waals surface area contributed by atoms with Crippen molar-refractivity contribution in [2.24, 2.45) is 5.92 Å². The van der Waals surface area contributed by atoms with Gasteiger partial charge in [0.25, 0.3) is 0 Å². The fourth-order valence-corrected chi connectivity index (χ4v) is 2.10. The third-order valence-electron chi connectivity index (χ3n) is 3.28. The van der Waals surface area contributed by atoms with Crippen molar-refractivity contribution in [3.05, 3.63) is 60.2 Å². The highest BCUT2D eigenvalue weighted by Gasteiger charge is 2.32. The Labute approximate surface area is 107 Å². The van der Waals surface area contributed by atoms with Gasteiger partial charge in [-0.1, -0.05) is 36.4 Å². The minimum Gasteiger partial charge on any atom is -0.457 e. The Hall–Kier alpha value is -1.80. The maximum absolute atomic E-state index is 10.2. The average Bonchev–Trinajstić information content (AvgIpc) is 3.24. The van der Waals surface area contributed by atoms with Crippen molar-refractivity contribution in [3.63, 3.8) is 0 Å². The van der Waals surface area contributed by atoms with Crippen LogP contribution in [-0.2, 0) is 0 Å². The summed E-state index contributed by atoms with van der Waals surface area (Å²) in [6.07, 6.45) is 1.83. The molecule has 0 spiro atoms. The predicted octanol–water partition coefficient (Wildman–Crippen LogP) is 3.92. The summed E-state index contributed by atoms with van der Waals surface area (Å²) >= 11 is 0. The molecule has 0 saturated heterocycles. The average molecular weight is 240 g/mol. The summed E-state index contributed by atoms with van der Waals surface area (Å²) in [5, 5.41) is 10.2. The van der Waals surface area contributed by atoms with Gasteiger partial charge in [0.2, 0.25) is 0 Å². The van der Waals surface area contributed by atoms with Crippen molar-refractivity contribution in [1.82, 2.24) is 0 Å². The summed E-state index contributed by atoms with van der Waals surface area (Å²) in [4.78, 5) is 0. The molecule has 2 heteroatoms. The van der Waals surface area contributed by atoms with Crippen LogP contribution in [0.4, 0.5) is 0 Å². The molecule has 1 saturated carbocycles. The molecule has 1 aliphatic rings. The molecule has 18 heavy (non-hydrogen) atoms. The molecule has 2 aromatic carbocycles. The summed E-state index contributed by atoms with van der Waals surface area (Å²) < 4.78 is 5.85. The molecule has 2 nitrogen and oxygen atoms in total. The van der Waals surface area contributed by atoms with E-state index in [1.54, 1.807) is 0 Å². The molecule has 1 fully saturated rings. The van der Waals surface area contributed by atoms with Gasteiger partial charge < -0.3 is 9.84 Å². The van der Waals surface area contributed by atoms with Crippen molar-refractivity contribution in [2.45, 2.75) is 18.9 Å². The Balaban J connectivity index is 1.87. The highest BCUT2D eigenvalue weighted by atomic mass is 16.5. The number of aliphatic hydroxyl groups excluding tert-OH is 1. The third-order valence-corrected chi connectivity index (χ3v) is 3.28. The highest BCUT2D eigenvalue weighted by Crippen LogP contribution is 2.43. The fourth-order valence-electron chi connectivity index (χ4n) is 2.10. The van der Waals surface area contributed by atoms with Gasteiger partial charge in [0.15, 0.2) is 0 Å². The van der Waals surface area contributed by atoms with Crippen molar-refractivity contribution >= 4 is 0 Å².